The fraction of sp³-hybridized carbons (Fsp3) is 0.391. The van der Waals surface area contributed by atoms with E-state index in [0.29, 0.717) is 26.3 Å². The molecule has 11 heteroatoms. The van der Waals surface area contributed by atoms with Crippen LogP contribution in [0.25, 0.3) is 0 Å². The highest BCUT2D eigenvalue weighted by Gasteiger charge is 2.27. The topological polar surface area (TPSA) is 86.8 Å². The van der Waals surface area contributed by atoms with Gasteiger partial charge in [0.1, 0.15) is 6.04 Å². The lowest BCUT2D eigenvalue weighted by Gasteiger charge is -2.29. The van der Waals surface area contributed by atoms with E-state index in [4.69, 9.17) is 34.8 Å². The number of anilines is 1. The van der Waals surface area contributed by atoms with Gasteiger partial charge in [-0.1, -0.05) is 46.9 Å². The monoisotopic (exact) mass is 547 g/mol. The second kappa shape index (κ2) is 12.1. The molecule has 1 atom stereocenters. The largest absolute Gasteiger partial charge is 0.357 e. The maximum Gasteiger partial charge on any atom is 0.242 e. The van der Waals surface area contributed by atoms with Crippen molar-refractivity contribution in [3.8, 4) is 0 Å². The predicted molar refractivity (Wildman–Crippen MR) is 138 cm³/mol. The number of hydrogen-bond acceptors (Lipinski definition) is 4. The average molecular weight is 549 g/mol. The number of carbonyl (C=O) groups is 2. The van der Waals surface area contributed by atoms with Gasteiger partial charge in [-0.3, -0.25) is 13.9 Å². The van der Waals surface area contributed by atoms with Gasteiger partial charge >= 0.3 is 0 Å². The molecule has 0 aromatic heterocycles. The van der Waals surface area contributed by atoms with Crippen molar-refractivity contribution >= 4 is 62.3 Å². The van der Waals surface area contributed by atoms with Crippen LogP contribution in [0.4, 0.5) is 5.69 Å². The van der Waals surface area contributed by atoms with E-state index in [0.717, 1.165) is 11.8 Å². The lowest BCUT2D eigenvalue weighted by Crippen LogP contribution is -2.46. The van der Waals surface area contributed by atoms with Crippen LogP contribution in [-0.4, -0.2) is 51.0 Å². The van der Waals surface area contributed by atoms with E-state index in [1.54, 1.807) is 50.2 Å². The molecule has 0 unspecified atom stereocenters. The van der Waals surface area contributed by atoms with E-state index >= 15 is 0 Å². The predicted octanol–water partition coefficient (Wildman–Crippen LogP) is 4.66. The number of carbonyl (C=O) groups excluding carboxylic acids is 2. The summed E-state index contributed by atoms with van der Waals surface area (Å²) in [4.78, 5) is 26.9. The molecule has 0 aliphatic carbocycles. The van der Waals surface area contributed by atoms with E-state index in [1.807, 2.05) is 0 Å². The van der Waals surface area contributed by atoms with E-state index < -0.39 is 16.1 Å². The first kappa shape index (κ1) is 28.2. The van der Waals surface area contributed by atoms with Crippen LogP contribution >= 0.6 is 34.8 Å². The summed E-state index contributed by atoms with van der Waals surface area (Å²) in [6, 6.07) is 9.19. The number of likely N-dealkylation sites (N-methyl/N-ethyl adjacent to an activating group) is 1. The third kappa shape index (κ3) is 7.50. The summed E-state index contributed by atoms with van der Waals surface area (Å²) in [5.41, 5.74) is 1.85. The first-order valence-electron chi connectivity index (χ1n) is 10.5. The molecular formula is C23H28Cl3N3O4S. The highest BCUT2D eigenvalue weighted by atomic mass is 35.5. The first-order valence-corrected chi connectivity index (χ1v) is 13.5. The Morgan fingerprint density at radius 2 is 1.68 bits per heavy atom. The molecule has 34 heavy (non-hydrogen) atoms. The summed E-state index contributed by atoms with van der Waals surface area (Å²) in [6.07, 6.45) is 1.37. The smallest absolute Gasteiger partial charge is 0.242 e. The fourth-order valence-electron chi connectivity index (χ4n) is 3.46. The van der Waals surface area contributed by atoms with Gasteiger partial charge in [-0.05, 0) is 55.7 Å². The van der Waals surface area contributed by atoms with E-state index in [-0.39, 0.29) is 37.7 Å². The Morgan fingerprint density at radius 1 is 1.06 bits per heavy atom. The maximum atomic E-state index is 13.2. The summed E-state index contributed by atoms with van der Waals surface area (Å²) >= 11 is 18.3. The van der Waals surface area contributed by atoms with Crippen molar-refractivity contribution in [3.05, 3.63) is 62.6 Å². The second-order valence-electron chi connectivity index (χ2n) is 7.92. The summed E-state index contributed by atoms with van der Waals surface area (Å²) in [5, 5.41) is 3.81. The summed E-state index contributed by atoms with van der Waals surface area (Å²) in [5.74, 6) is -0.635. The van der Waals surface area contributed by atoms with Crippen molar-refractivity contribution in [2.45, 2.75) is 39.3 Å². The minimum Gasteiger partial charge on any atom is -0.357 e. The number of sulfonamides is 1. The van der Waals surface area contributed by atoms with Gasteiger partial charge in [0.25, 0.3) is 0 Å². The Labute approximate surface area is 216 Å². The molecule has 2 aromatic rings. The number of nitrogens with zero attached hydrogens (tertiary/aromatic N) is 2. The third-order valence-corrected chi connectivity index (χ3v) is 7.36. The number of amides is 2. The zero-order chi connectivity index (χ0) is 25.6. The average Bonchev–Trinajstić information content (AvgIpc) is 2.76. The summed E-state index contributed by atoms with van der Waals surface area (Å²) in [6.45, 7) is 3.60. The van der Waals surface area contributed by atoms with Crippen molar-refractivity contribution < 1.29 is 18.0 Å². The second-order valence-corrected chi connectivity index (χ2v) is 11.1. The van der Waals surface area contributed by atoms with Gasteiger partial charge < -0.3 is 10.2 Å². The molecule has 2 aromatic carbocycles. The van der Waals surface area contributed by atoms with E-state index in [1.165, 1.54) is 16.3 Å². The molecule has 0 saturated heterocycles. The Kier molecular flexibility index (Phi) is 10.1. The van der Waals surface area contributed by atoms with Gasteiger partial charge in [0.05, 0.1) is 11.9 Å². The summed E-state index contributed by atoms with van der Waals surface area (Å²) in [7, 11) is -2.12. The number of hydrogen-bond donors (Lipinski definition) is 1. The Hall–Kier alpha value is -2.00. The molecular weight excluding hydrogens is 521 g/mol. The number of benzene rings is 2. The quantitative estimate of drug-likeness (QED) is 0.468. The molecule has 0 bridgehead atoms. The molecule has 0 aliphatic rings. The van der Waals surface area contributed by atoms with Crippen LogP contribution in [0.2, 0.25) is 15.1 Å². The van der Waals surface area contributed by atoms with Crippen LogP contribution in [-0.2, 0) is 26.2 Å². The van der Waals surface area contributed by atoms with Gasteiger partial charge in [0.15, 0.2) is 0 Å². The van der Waals surface area contributed by atoms with Crippen LogP contribution in [0.1, 0.15) is 30.9 Å². The molecule has 0 heterocycles. The molecule has 186 valence electrons. The minimum absolute atomic E-state index is 0.0260. The zero-order valence-electron chi connectivity index (χ0n) is 19.4. The molecule has 2 amide bonds. The van der Waals surface area contributed by atoms with Crippen LogP contribution < -0.4 is 9.62 Å². The number of rotatable bonds is 10. The van der Waals surface area contributed by atoms with Gasteiger partial charge in [-0.2, -0.15) is 0 Å². The first-order chi connectivity index (χ1) is 15.8. The lowest BCUT2D eigenvalue weighted by atomic mass is 10.1. The van der Waals surface area contributed by atoms with Gasteiger partial charge in [-0.15, -0.1) is 0 Å². The molecule has 0 saturated carbocycles. The number of aryl methyl sites for hydroxylation is 1. The molecule has 0 spiro atoms. The van der Waals surface area contributed by atoms with Crippen molar-refractivity contribution in [3.63, 3.8) is 0 Å². The Balaban J connectivity index is 2.21. The Bertz CT molecular complexity index is 1160. The number of nitrogens with one attached hydrogen (secondary N) is 1. The van der Waals surface area contributed by atoms with E-state index in [2.05, 4.69) is 5.32 Å². The fourth-order valence-corrected chi connectivity index (χ4v) is 5.11. The van der Waals surface area contributed by atoms with Crippen molar-refractivity contribution in [2.75, 3.05) is 24.2 Å². The maximum absolute atomic E-state index is 13.2. The van der Waals surface area contributed by atoms with Gasteiger partial charge in [0.2, 0.25) is 21.8 Å². The lowest BCUT2D eigenvalue weighted by molar-refractivity contribution is -0.140. The highest BCUT2D eigenvalue weighted by Crippen LogP contribution is 2.27. The van der Waals surface area contributed by atoms with Gasteiger partial charge in [0, 0.05) is 41.6 Å². The minimum atomic E-state index is -3.61. The van der Waals surface area contributed by atoms with Crippen LogP contribution in [0, 0.1) is 6.92 Å². The molecule has 1 N–H and O–H groups in total. The SMILES string of the molecule is CNC(=O)[C@@H](C)N(Cc1ccc(Cl)cc1Cl)C(=O)CCCN(c1cc(Cl)ccc1C)S(C)(=O)=O. The molecule has 0 radical (unpaired) electrons. The standard InChI is InChI=1S/C23H28Cl3N3O4S/c1-15-7-9-19(25)13-21(15)29(34(4,32)33)11-5-6-22(30)28(16(2)23(31)27-3)14-17-8-10-18(24)12-20(17)26/h7-10,12-13,16H,5-6,11,14H2,1-4H3,(H,27,31)/t16-/m1/s1. The molecule has 0 aliphatic heterocycles. The van der Waals surface area contributed by atoms with Crippen LogP contribution in [0.15, 0.2) is 36.4 Å². The van der Waals surface area contributed by atoms with E-state index in [9.17, 15) is 18.0 Å². The van der Waals surface area contributed by atoms with Crippen molar-refractivity contribution in [2.24, 2.45) is 0 Å². The van der Waals surface area contributed by atoms with Crippen molar-refractivity contribution in [1.29, 1.82) is 0 Å². The zero-order valence-corrected chi connectivity index (χ0v) is 22.5. The molecule has 7 nitrogen and oxygen atoms in total. The van der Waals surface area contributed by atoms with Crippen molar-refractivity contribution in [1.82, 2.24) is 10.2 Å². The normalized spacial score (nSPS) is 12.2. The Morgan fingerprint density at radius 3 is 2.26 bits per heavy atom. The molecule has 2 rings (SSSR count). The number of halogens is 3. The molecule has 0 fully saturated rings. The third-order valence-electron chi connectivity index (χ3n) is 5.36. The van der Waals surface area contributed by atoms with Crippen LogP contribution in [0.3, 0.4) is 0 Å². The summed E-state index contributed by atoms with van der Waals surface area (Å²) < 4.78 is 26.2. The highest BCUT2D eigenvalue weighted by molar-refractivity contribution is 7.92. The van der Waals surface area contributed by atoms with Crippen LogP contribution in [0.5, 0.6) is 0 Å². The van der Waals surface area contributed by atoms with Gasteiger partial charge in [-0.25, -0.2) is 8.42 Å².